The Balaban J connectivity index is 1.85. The third-order valence-corrected chi connectivity index (χ3v) is 4.13. The molecule has 1 aromatic heterocycles. The molecule has 0 radical (unpaired) electrons. The Morgan fingerprint density at radius 3 is 3.04 bits per heavy atom. The van der Waals surface area contributed by atoms with Gasteiger partial charge in [0.15, 0.2) is 5.96 Å². The molecule has 1 unspecified atom stereocenters. The Morgan fingerprint density at radius 1 is 1.46 bits per heavy atom. The van der Waals surface area contributed by atoms with Gasteiger partial charge in [0.05, 0.1) is 26.4 Å². The number of ether oxygens (including phenoxy) is 2. The van der Waals surface area contributed by atoms with Crippen LogP contribution in [0.1, 0.15) is 18.9 Å². The number of methoxy groups -OCH3 is 1. The average Bonchev–Trinajstić information content (AvgIpc) is 3.06. The van der Waals surface area contributed by atoms with Gasteiger partial charge < -0.3 is 19.7 Å². The predicted molar refractivity (Wildman–Crippen MR) is 96.4 cm³/mol. The van der Waals surface area contributed by atoms with Crippen LogP contribution in [0.3, 0.4) is 0 Å². The quantitative estimate of drug-likeness (QED) is 0.335. The monoisotopic (exact) mass is 354 g/mol. The van der Waals surface area contributed by atoms with Crippen LogP contribution in [0.25, 0.3) is 0 Å². The molecular formula is C17H27ClN4O2. The average molecular weight is 355 g/mol. The summed E-state index contributed by atoms with van der Waals surface area (Å²) in [6.45, 7) is 7.59. The Bertz CT molecular complexity index is 510. The third-order valence-electron chi connectivity index (χ3n) is 3.91. The van der Waals surface area contributed by atoms with Crippen LogP contribution < -0.4 is 5.32 Å². The molecule has 0 spiro atoms. The SMILES string of the molecule is CCNC(=NCc1ccc(Cl)nc1)N1CCC(COCCOC)C1. The lowest BCUT2D eigenvalue weighted by Gasteiger charge is -2.21. The molecule has 134 valence electrons. The molecule has 0 bridgehead atoms. The van der Waals surface area contributed by atoms with E-state index >= 15 is 0 Å². The normalized spacial score (nSPS) is 18.2. The Kier molecular flexibility index (Phi) is 8.28. The number of guanidine groups is 1. The molecule has 6 nitrogen and oxygen atoms in total. The van der Waals surface area contributed by atoms with Crippen molar-refractivity contribution in [1.29, 1.82) is 0 Å². The number of hydrogen-bond donors (Lipinski definition) is 1. The van der Waals surface area contributed by atoms with Gasteiger partial charge in [-0.2, -0.15) is 0 Å². The van der Waals surface area contributed by atoms with Crippen LogP contribution >= 0.6 is 11.6 Å². The summed E-state index contributed by atoms with van der Waals surface area (Å²) in [6.07, 6.45) is 2.89. The molecule has 1 atom stereocenters. The van der Waals surface area contributed by atoms with Crippen LogP contribution in [-0.4, -0.2) is 62.4 Å². The second-order valence-corrected chi connectivity index (χ2v) is 6.22. The van der Waals surface area contributed by atoms with Gasteiger partial charge in [-0.25, -0.2) is 9.98 Å². The van der Waals surface area contributed by atoms with Gasteiger partial charge in [0.25, 0.3) is 0 Å². The van der Waals surface area contributed by atoms with Crippen molar-refractivity contribution in [3.63, 3.8) is 0 Å². The van der Waals surface area contributed by atoms with Crippen molar-refractivity contribution in [2.75, 3.05) is 46.6 Å². The highest BCUT2D eigenvalue weighted by Crippen LogP contribution is 2.17. The molecule has 2 rings (SSSR count). The Labute approximate surface area is 149 Å². The molecular weight excluding hydrogens is 328 g/mol. The summed E-state index contributed by atoms with van der Waals surface area (Å²) in [4.78, 5) is 11.1. The number of hydrogen-bond acceptors (Lipinski definition) is 4. The maximum Gasteiger partial charge on any atom is 0.194 e. The number of pyridine rings is 1. The molecule has 1 aliphatic rings. The topological polar surface area (TPSA) is 59.0 Å². The zero-order valence-electron chi connectivity index (χ0n) is 14.5. The molecule has 0 amide bonds. The van der Waals surface area contributed by atoms with E-state index in [9.17, 15) is 0 Å². The van der Waals surface area contributed by atoms with Crippen molar-refractivity contribution in [3.05, 3.63) is 29.0 Å². The van der Waals surface area contributed by atoms with Crippen LogP contribution in [0.2, 0.25) is 5.15 Å². The van der Waals surface area contributed by atoms with E-state index in [2.05, 4.69) is 22.1 Å². The van der Waals surface area contributed by atoms with Crippen molar-refractivity contribution < 1.29 is 9.47 Å². The third kappa shape index (κ3) is 6.26. The van der Waals surface area contributed by atoms with Gasteiger partial charge in [0, 0.05) is 38.9 Å². The highest BCUT2D eigenvalue weighted by molar-refractivity contribution is 6.29. The van der Waals surface area contributed by atoms with E-state index in [1.54, 1.807) is 19.4 Å². The molecule has 1 aromatic rings. The van der Waals surface area contributed by atoms with E-state index in [1.807, 2.05) is 6.07 Å². The van der Waals surface area contributed by atoms with Crippen molar-refractivity contribution >= 4 is 17.6 Å². The number of nitrogens with zero attached hydrogens (tertiary/aromatic N) is 3. The molecule has 1 N–H and O–H groups in total. The fourth-order valence-electron chi connectivity index (χ4n) is 2.65. The van der Waals surface area contributed by atoms with E-state index < -0.39 is 0 Å². The zero-order chi connectivity index (χ0) is 17.2. The maximum absolute atomic E-state index is 5.82. The largest absolute Gasteiger partial charge is 0.382 e. The van der Waals surface area contributed by atoms with E-state index in [4.69, 9.17) is 26.1 Å². The van der Waals surface area contributed by atoms with Crippen molar-refractivity contribution in [3.8, 4) is 0 Å². The van der Waals surface area contributed by atoms with Crippen LogP contribution in [0.15, 0.2) is 23.3 Å². The van der Waals surface area contributed by atoms with E-state index in [0.29, 0.717) is 30.8 Å². The summed E-state index contributed by atoms with van der Waals surface area (Å²) >= 11 is 5.82. The lowest BCUT2D eigenvalue weighted by Crippen LogP contribution is -2.40. The van der Waals surface area contributed by atoms with Gasteiger partial charge in [-0.15, -0.1) is 0 Å². The van der Waals surface area contributed by atoms with Gasteiger partial charge >= 0.3 is 0 Å². The zero-order valence-corrected chi connectivity index (χ0v) is 15.3. The molecule has 0 aromatic carbocycles. The summed E-state index contributed by atoms with van der Waals surface area (Å²) in [5, 5.41) is 3.88. The first-order chi connectivity index (χ1) is 11.7. The maximum atomic E-state index is 5.82. The van der Waals surface area contributed by atoms with Crippen LogP contribution in [0.4, 0.5) is 0 Å². The lowest BCUT2D eigenvalue weighted by molar-refractivity contribution is 0.0536. The highest BCUT2D eigenvalue weighted by atomic mass is 35.5. The number of halogens is 1. The Morgan fingerprint density at radius 2 is 2.33 bits per heavy atom. The fourth-order valence-corrected chi connectivity index (χ4v) is 2.76. The second kappa shape index (κ2) is 10.5. The molecule has 24 heavy (non-hydrogen) atoms. The van der Waals surface area contributed by atoms with E-state index in [0.717, 1.165) is 44.2 Å². The Hall–Kier alpha value is -1.37. The van der Waals surface area contributed by atoms with Crippen LogP contribution in [0.5, 0.6) is 0 Å². The summed E-state index contributed by atoms with van der Waals surface area (Å²) < 4.78 is 10.7. The van der Waals surface area contributed by atoms with Crippen molar-refractivity contribution in [1.82, 2.24) is 15.2 Å². The van der Waals surface area contributed by atoms with Gasteiger partial charge in [0.1, 0.15) is 5.15 Å². The van der Waals surface area contributed by atoms with Gasteiger partial charge in [-0.1, -0.05) is 17.7 Å². The van der Waals surface area contributed by atoms with Crippen LogP contribution in [0, 0.1) is 5.92 Å². The van der Waals surface area contributed by atoms with Crippen molar-refractivity contribution in [2.45, 2.75) is 19.9 Å². The molecule has 1 fully saturated rings. The minimum Gasteiger partial charge on any atom is -0.382 e. The molecule has 1 aliphatic heterocycles. The van der Waals surface area contributed by atoms with Crippen LogP contribution in [-0.2, 0) is 16.0 Å². The molecule has 2 heterocycles. The minimum atomic E-state index is 0.505. The molecule has 1 saturated heterocycles. The smallest absolute Gasteiger partial charge is 0.194 e. The van der Waals surface area contributed by atoms with Crippen molar-refractivity contribution in [2.24, 2.45) is 10.9 Å². The summed E-state index contributed by atoms with van der Waals surface area (Å²) in [7, 11) is 1.69. The number of nitrogens with one attached hydrogen (secondary N) is 1. The number of aliphatic imine (C=N–C) groups is 1. The lowest BCUT2D eigenvalue weighted by atomic mass is 10.1. The van der Waals surface area contributed by atoms with Gasteiger partial charge in [-0.3, -0.25) is 0 Å². The molecule has 7 heteroatoms. The first-order valence-corrected chi connectivity index (χ1v) is 8.81. The van der Waals surface area contributed by atoms with Gasteiger partial charge in [-0.05, 0) is 25.0 Å². The summed E-state index contributed by atoms with van der Waals surface area (Å²) in [5.74, 6) is 1.50. The highest BCUT2D eigenvalue weighted by Gasteiger charge is 2.24. The predicted octanol–water partition coefficient (Wildman–Crippen LogP) is 2.19. The molecule has 0 saturated carbocycles. The fraction of sp³-hybridized carbons (Fsp3) is 0.647. The molecule has 0 aliphatic carbocycles. The number of likely N-dealkylation sites (tertiary alicyclic amines) is 1. The first-order valence-electron chi connectivity index (χ1n) is 8.43. The standard InChI is InChI=1S/C17H27ClN4O2/c1-3-19-17(21-11-14-4-5-16(18)20-10-14)22-7-6-15(12-22)13-24-9-8-23-2/h4-5,10,15H,3,6-9,11-13H2,1-2H3,(H,19,21). The van der Waals surface area contributed by atoms with Gasteiger partial charge in [0.2, 0.25) is 0 Å². The van der Waals surface area contributed by atoms with E-state index in [1.165, 1.54) is 0 Å². The second-order valence-electron chi connectivity index (χ2n) is 5.83. The summed E-state index contributed by atoms with van der Waals surface area (Å²) in [5.41, 5.74) is 1.05. The first kappa shape index (κ1) is 19.0. The number of aromatic nitrogens is 1. The number of rotatable bonds is 8. The van der Waals surface area contributed by atoms with E-state index in [-0.39, 0.29) is 0 Å². The summed E-state index contributed by atoms with van der Waals surface area (Å²) in [6, 6.07) is 3.75. The minimum absolute atomic E-state index is 0.505.